The van der Waals surface area contributed by atoms with E-state index in [0.29, 0.717) is 6.42 Å². The second-order valence-corrected chi connectivity index (χ2v) is 6.65. The van der Waals surface area contributed by atoms with E-state index >= 15 is 0 Å². The van der Waals surface area contributed by atoms with Gasteiger partial charge < -0.3 is 4.90 Å². The first-order chi connectivity index (χ1) is 12.3. The van der Waals surface area contributed by atoms with Crippen LogP contribution in [0.5, 0.6) is 0 Å². The number of carbonyl (C=O) groups is 1. The number of fused-ring (bicyclic) bond motifs is 1. The number of rotatable bonds is 4. The van der Waals surface area contributed by atoms with E-state index in [-0.39, 0.29) is 11.8 Å². The van der Waals surface area contributed by atoms with Crippen molar-refractivity contribution in [2.24, 2.45) is 0 Å². The lowest BCUT2D eigenvalue weighted by Crippen LogP contribution is -2.39. The van der Waals surface area contributed by atoms with Crippen molar-refractivity contribution in [1.29, 1.82) is 0 Å². The van der Waals surface area contributed by atoms with Crippen LogP contribution in [0.15, 0.2) is 54.7 Å². The van der Waals surface area contributed by atoms with Gasteiger partial charge in [0.1, 0.15) is 5.82 Å². The number of hydrogen-bond donors (Lipinski definition) is 0. The summed E-state index contributed by atoms with van der Waals surface area (Å²) in [5.74, 6) is 1.46. The third-order valence-electron chi connectivity index (χ3n) is 4.95. The zero-order valence-corrected chi connectivity index (χ0v) is 14.2. The first-order valence-electron chi connectivity index (χ1n) is 8.92. The fourth-order valence-corrected chi connectivity index (χ4v) is 3.61. The molecule has 25 heavy (non-hydrogen) atoms. The summed E-state index contributed by atoms with van der Waals surface area (Å²) >= 11 is 0. The Kier molecular flexibility index (Phi) is 4.46. The molecule has 1 aliphatic heterocycles. The normalized spacial score (nSPS) is 17.8. The molecule has 2 aromatic heterocycles. The molecule has 1 aromatic carbocycles. The zero-order chi connectivity index (χ0) is 17.1. The standard InChI is InChI=1S/C20H22N4O/c25-19(12-11-16-7-2-1-3-8-16)23-13-6-9-17(15-23)20-22-21-18-10-4-5-14-24(18)20/h1-5,7-8,10,14,17H,6,9,11-13,15H2/t17-/m1/s1. The maximum Gasteiger partial charge on any atom is 0.222 e. The maximum absolute atomic E-state index is 12.6. The average Bonchev–Trinajstić information content (AvgIpc) is 3.11. The predicted molar refractivity (Wildman–Crippen MR) is 96.3 cm³/mol. The maximum atomic E-state index is 12.6. The van der Waals surface area contributed by atoms with Gasteiger partial charge in [-0.05, 0) is 37.0 Å². The van der Waals surface area contributed by atoms with Crippen LogP contribution in [-0.4, -0.2) is 38.5 Å². The topological polar surface area (TPSA) is 50.5 Å². The molecular weight excluding hydrogens is 312 g/mol. The average molecular weight is 334 g/mol. The Morgan fingerprint density at radius 3 is 2.80 bits per heavy atom. The van der Waals surface area contributed by atoms with Gasteiger partial charge in [-0.15, -0.1) is 10.2 Å². The van der Waals surface area contributed by atoms with Crippen LogP contribution in [0.2, 0.25) is 0 Å². The second kappa shape index (κ2) is 7.05. The Bertz CT molecular complexity index is 858. The number of likely N-dealkylation sites (tertiary alicyclic amines) is 1. The number of carbonyl (C=O) groups excluding carboxylic acids is 1. The molecule has 5 nitrogen and oxygen atoms in total. The van der Waals surface area contributed by atoms with Gasteiger partial charge >= 0.3 is 0 Å². The Balaban J connectivity index is 1.43. The van der Waals surface area contributed by atoms with Crippen molar-refractivity contribution in [2.75, 3.05) is 13.1 Å². The molecule has 0 N–H and O–H groups in total. The third-order valence-corrected chi connectivity index (χ3v) is 4.95. The lowest BCUT2D eigenvalue weighted by Gasteiger charge is -2.32. The summed E-state index contributed by atoms with van der Waals surface area (Å²) in [6.07, 6.45) is 5.44. The van der Waals surface area contributed by atoms with E-state index in [2.05, 4.69) is 22.3 Å². The molecule has 3 aromatic rings. The molecule has 1 aliphatic rings. The van der Waals surface area contributed by atoms with E-state index in [0.717, 1.165) is 43.8 Å². The van der Waals surface area contributed by atoms with Crippen LogP contribution in [0.4, 0.5) is 0 Å². The van der Waals surface area contributed by atoms with Crippen molar-refractivity contribution < 1.29 is 4.79 Å². The molecule has 0 bridgehead atoms. The number of aryl methyl sites for hydroxylation is 1. The first kappa shape index (κ1) is 15.8. The minimum absolute atomic E-state index is 0.238. The number of nitrogens with zero attached hydrogens (tertiary/aromatic N) is 4. The largest absolute Gasteiger partial charge is 0.342 e. The monoisotopic (exact) mass is 334 g/mol. The summed E-state index contributed by atoms with van der Waals surface area (Å²) in [5.41, 5.74) is 2.08. The van der Waals surface area contributed by atoms with Gasteiger partial charge in [0.25, 0.3) is 0 Å². The molecule has 0 saturated carbocycles. The van der Waals surface area contributed by atoms with Crippen molar-refractivity contribution in [3.63, 3.8) is 0 Å². The van der Waals surface area contributed by atoms with E-state index < -0.39 is 0 Å². The zero-order valence-electron chi connectivity index (χ0n) is 14.2. The van der Waals surface area contributed by atoms with Crippen LogP contribution >= 0.6 is 0 Å². The first-order valence-corrected chi connectivity index (χ1v) is 8.92. The number of benzene rings is 1. The quantitative estimate of drug-likeness (QED) is 0.737. The highest BCUT2D eigenvalue weighted by Gasteiger charge is 2.27. The lowest BCUT2D eigenvalue weighted by molar-refractivity contribution is -0.132. The van der Waals surface area contributed by atoms with Gasteiger partial charge in [-0.1, -0.05) is 36.4 Å². The fraction of sp³-hybridized carbons (Fsp3) is 0.350. The van der Waals surface area contributed by atoms with Crippen molar-refractivity contribution in [3.8, 4) is 0 Å². The van der Waals surface area contributed by atoms with Crippen LogP contribution in [0.1, 0.15) is 36.6 Å². The molecule has 128 valence electrons. The van der Waals surface area contributed by atoms with Gasteiger partial charge in [0.2, 0.25) is 5.91 Å². The number of pyridine rings is 1. The number of aromatic nitrogens is 3. The molecule has 0 unspecified atom stereocenters. The molecule has 1 amide bonds. The fourth-order valence-electron chi connectivity index (χ4n) is 3.61. The van der Waals surface area contributed by atoms with Gasteiger partial charge in [0.05, 0.1) is 0 Å². The molecule has 4 rings (SSSR count). The van der Waals surface area contributed by atoms with E-state index in [9.17, 15) is 4.79 Å². The summed E-state index contributed by atoms with van der Waals surface area (Å²) in [5, 5.41) is 8.63. The molecule has 0 radical (unpaired) electrons. The van der Waals surface area contributed by atoms with Crippen LogP contribution in [-0.2, 0) is 11.2 Å². The summed E-state index contributed by atoms with van der Waals surface area (Å²) < 4.78 is 2.04. The molecule has 1 fully saturated rings. The number of piperidine rings is 1. The smallest absolute Gasteiger partial charge is 0.222 e. The van der Waals surface area contributed by atoms with E-state index in [1.807, 2.05) is 51.9 Å². The molecule has 1 saturated heterocycles. The van der Waals surface area contributed by atoms with Crippen molar-refractivity contribution in [1.82, 2.24) is 19.5 Å². The molecule has 5 heteroatoms. The highest BCUT2D eigenvalue weighted by Crippen LogP contribution is 2.26. The van der Waals surface area contributed by atoms with Crippen molar-refractivity contribution >= 4 is 11.6 Å². The van der Waals surface area contributed by atoms with Gasteiger partial charge in [0.15, 0.2) is 5.65 Å². The molecule has 0 aliphatic carbocycles. The Morgan fingerprint density at radius 2 is 1.92 bits per heavy atom. The highest BCUT2D eigenvalue weighted by atomic mass is 16.2. The minimum Gasteiger partial charge on any atom is -0.342 e. The lowest BCUT2D eigenvalue weighted by atomic mass is 9.96. The van der Waals surface area contributed by atoms with Crippen LogP contribution in [0, 0.1) is 0 Å². The van der Waals surface area contributed by atoms with Gasteiger partial charge in [-0.2, -0.15) is 0 Å². The number of amides is 1. The molecule has 0 spiro atoms. The van der Waals surface area contributed by atoms with Gasteiger partial charge in [0, 0.05) is 31.6 Å². The number of hydrogen-bond acceptors (Lipinski definition) is 3. The van der Waals surface area contributed by atoms with E-state index in [4.69, 9.17) is 0 Å². The SMILES string of the molecule is O=C(CCc1ccccc1)N1CCC[C@@H](c2nnc3ccccn23)C1. The highest BCUT2D eigenvalue weighted by molar-refractivity contribution is 5.76. The van der Waals surface area contributed by atoms with Crippen LogP contribution < -0.4 is 0 Å². The second-order valence-electron chi connectivity index (χ2n) is 6.65. The van der Waals surface area contributed by atoms with E-state index in [1.165, 1.54) is 5.56 Å². The molecule has 3 heterocycles. The summed E-state index contributed by atoms with van der Waals surface area (Å²) in [4.78, 5) is 14.6. The van der Waals surface area contributed by atoms with Gasteiger partial charge in [-0.25, -0.2) is 0 Å². The Labute approximate surface area is 147 Å². The Hall–Kier alpha value is -2.69. The summed E-state index contributed by atoms with van der Waals surface area (Å²) in [6, 6.07) is 16.1. The van der Waals surface area contributed by atoms with Crippen LogP contribution in [0.3, 0.4) is 0 Å². The summed E-state index contributed by atoms with van der Waals surface area (Å²) in [6.45, 7) is 1.59. The summed E-state index contributed by atoms with van der Waals surface area (Å²) in [7, 11) is 0. The van der Waals surface area contributed by atoms with Crippen molar-refractivity contribution in [2.45, 2.75) is 31.6 Å². The predicted octanol–water partition coefficient (Wildman–Crippen LogP) is 3.07. The van der Waals surface area contributed by atoms with Crippen molar-refractivity contribution in [3.05, 3.63) is 66.1 Å². The Morgan fingerprint density at radius 1 is 1.08 bits per heavy atom. The molecule has 1 atom stereocenters. The van der Waals surface area contributed by atoms with Gasteiger partial charge in [-0.3, -0.25) is 9.20 Å². The van der Waals surface area contributed by atoms with Crippen LogP contribution in [0.25, 0.3) is 5.65 Å². The molecular formula is C20H22N4O. The van der Waals surface area contributed by atoms with E-state index in [1.54, 1.807) is 0 Å². The third kappa shape index (κ3) is 3.40. The minimum atomic E-state index is 0.238.